The highest BCUT2D eigenvalue weighted by molar-refractivity contribution is 7.94. The molecule has 0 bridgehead atoms. The van der Waals surface area contributed by atoms with Crippen molar-refractivity contribution in [1.82, 2.24) is 14.8 Å². The molecule has 0 radical (unpaired) electrons. The highest BCUT2D eigenvalue weighted by atomic mass is 32.2. The van der Waals surface area contributed by atoms with Crippen molar-refractivity contribution in [3.05, 3.63) is 30.6 Å². The summed E-state index contributed by atoms with van der Waals surface area (Å²) in [6, 6.07) is 5.26. The van der Waals surface area contributed by atoms with Gasteiger partial charge in [0.15, 0.2) is 0 Å². The van der Waals surface area contributed by atoms with Crippen LogP contribution in [0.5, 0.6) is 0 Å². The molecule has 19 heavy (non-hydrogen) atoms. The van der Waals surface area contributed by atoms with E-state index in [0.717, 1.165) is 20.8 Å². The molecule has 0 amide bonds. The fourth-order valence-corrected chi connectivity index (χ4v) is 3.10. The Kier molecular flexibility index (Phi) is 3.48. The van der Waals surface area contributed by atoms with Gasteiger partial charge in [0.2, 0.25) is 0 Å². The Morgan fingerprint density at radius 2 is 2.26 bits per heavy atom. The highest BCUT2D eigenvalue weighted by Gasteiger charge is 2.09. The van der Waals surface area contributed by atoms with Gasteiger partial charge in [-0.05, 0) is 18.2 Å². The molecule has 0 aliphatic heterocycles. The summed E-state index contributed by atoms with van der Waals surface area (Å²) in [6.07, 6.45) is 3.43. The van der Waals surface area contributed by atoms with Gasteiger partial charge in [-0.3, -0.25) is 4.68 Å². The van der Waals surface area contributed by atoms with E-state index >= 15 is 0 Å². The summed E-state index contributed by atoms with van der Waals surface area (Å²) >= 11 is 1.69. The molecule has 0 unspecified atom stereocenters. The lowest BCUT2D eigenvalue weighted by Crippen LogP contribution is -1.98. The largest absolute Gasteiger partial charge is 0.269 e. The van der Waals surface area contributed by atoms with Gasteiger partial charge in [0.25, 0.3) is 0 Å². The molecule has 3 nitrogen and oxygen atoms in total. The van der Waals surface area contributed by atoms with Gasteiger partial charge in [0.05, 0.1) is 35.1 Å². The van der Waals surface area contributed by atoms with Crippen LogP contribution in [0.4, 0.5) is 8.28 Å². The second kappa shape index (κ2) is 5.26. The average Bonchev–Trinajstić information content (AvgIpc) is 3.03. The SMILES string of the molecule is FCCn1cc(-c2nc3ccc(SF)cc3s2)cn1. The van der Waals surface area contributed by atoms with Crippen LogP contribution >= 0.6 is 23.5 Å². The van der Waals surface area contributed by atoms with Crippen molar-refractivity contribution in [2.75, 3.05) is 6.67 Å². The van der Waals surface area contributed by atoms with Crippen molar-refractivity contribution in [3.8, 4) is 10.6 Å². The minimum atomic E-state index is -0.446. The van der Waals surface area contributed by atoms with E-state index in [2.05, 4.69) is 10.1 Å². The summed E-state index contributed by atoms with van der Waals surface area (Å²) in [4.78, 5) is 5.04. The summed E-state index contributed by atoms with van der Waals surface area (Å²) in [5, 5.41) is 4.87. The van der Waals surface area contributed by atoms with E-state index in [0.29, 0.717) is 4.90 Å². The van der Waals surface area contributed by atoms with Crippen LogP contribution in [0.2, 0.25) is 0 Å². The minimum Gasteiger partial charge on any atom is -0.269 e. The van der Waals surface area contributed by atoms with Crippen molar-refractivity contribution in [2.45, 2.75) is 11.4 Å². The van der Waals surface area contributed by atoms with Gasteiger partial charge < -0.3 is 0 Å². The van der Waals surface area contributed by atoms with Crippen molar-refractivity contribution in [1.29, 1.82) is 0 Å². The molecule has 0 fully saturated rings. The van der Waals surface area contributed by atoms with Gasteiger partial charge in [-0.1, -0.05) is 0 Å². The van der Waals surface area contributed by atoms with Crippen LogP contribution < -0.4 is 0 Å². The van der Waals surface area contributed by atoms with Crippen LogP contribution in [0.1, 0.15) is 0 Å². The van der Waals surface area contributed by atoms with Crippen LogP contribution in [-0.2, 0) is 6.54 Å². The first kappa shape index (κ1) is 12.6. The Morgan fingerprint density at radius 1 is 1.37 bits per heavy atom. The third-order valence-electron chi connectivity index (χ3n) is 2.64. The Bertz CT molecular complexity index is 708. The van der Waals surface area contributed by atoms with Gasteiger partial charge in [-0.25, -0.2) is 9.37 Å². The van der Waals surface area contributed by atoms with Crippen LogP contribution in [0.15, 0.2) is 35.5 Å². The monoisotopic (exact) mass is 297 g/mol. The average molecular weight is 297 g/mol. The summed E-state index contributed by atoms with van der Waals surface area (Å²) in [7, 11) is 0. The molecule has 0 aliphatic rings. The van der Waals surface area contributed by atoms with Crippen LogP contribution in [0, 0.1) is 0 Å². The van der Waals surface area contributed by atoms with Crippen molar-refractivity contribution < 1.29 is 8.28 Å². The van der Waals surface area contributed by atoms with Crippen LogP contribution in [0.25, 0.3) is 20.8 Å². The van der Waals surface area contributed by atoms with E-state index in [4.69, 9.17) is 0 Å². The number of fused-ring (bicyclic) bond motifs is 1. The first-order valence-electron chi connectivity index (χ1n) is 5.58. The minimum absolute atomic E-state index is 0.220. The zero-order chi connectivity index (χ0) is 13.2. The number of aromatic nitrogens is 3. The molecule has 0 saturated heterocycles. The number of nitrogens with zero attached hydrogens (tertiary/aromatic N) is 3. The van der Waals surface area contributed by atoms with E-state index in [1.165, 1.54) is 11.3 Å². The lowest BCUT2D eigenvalue weighted by molar-refractivity contribution is 0.427. The van der Waals surface area contributed by atoms with Crippen molar-refractivity contribution >= 4 is 33.7 Å². The molecular weight excluding hydrogens is 288 g/mol. The van der Waals surface area contributed by atoms with Gasteiger partial charge in [-0.2, -0.15) is 8.98 Å². The van der Waals surface area contributed by atoms with Crippen molar-refractivity contribution in [3.63, 3.8) is 0 Å². The number of halogens is 2. The van der Waals surface area contributed by atoms with Crippen molar-refractivity contribution in [2.24, 2.45) is 0 Å². The van der Waals surface area contributed by atoms with E-state index in [9.17, 15) is 8.28 Å². The maximum Gasteiger partial charge on any atom is 0.127 e. The van der Waals surface area contributed by atoms with E-state index in [1.54, 1.807) is 35.3 Å². The van der Waals surface area contributed by atoms with E-state index < -0.39 is 6.67 Å². The fraction of sp³-hybridized carbons (Fsp3) is 0.167. The summed E-state index contributed by atoms with van der Waals surface area (Å²) in [5.74, 6) is 0. The third kappa shape index (κ3) is 2.48. The molecule has 3 rings (SSSR count). The number of rotatable bonds is 4. The Balaban J connectivity index is 1.99. The number of aryl methyl sites for hydroxylation is 1. The molecule has 2 aromatic heterocycles. The Hall–Kier alpha value is -1.47. The molecule has 2 heterocycles. The molecule has 98 valence electrons. The van der Waals surface area contributed by atoms with Gasteiger partial charge in [0, 0.05) is 16.7 Å². The lowest BCUT2D eigenvalue weighted by atomic mass is 10.3. The normalized spacial score (nSPS) is 11.3. The molecule has 0 aliphatic carbocycles. The topological polar surface area (TPSA) is 30.7 Å². The third-order valence-corrected chi connectivity index (χ3v) is 4.14. The molecule has 0 N–H and O–H groups in total. The number of hydrogen-bond acceptors (Lipinski definition) is 4. The lowest BCUT2D eigenvalue weighted by Gasteiger charge is -1.92. The molecule has 0 spiro atoms. The van der Waals surface area contributed by atoms with Crippen LogP contribution in [0.3, 0.4) is 0 Å². The van der Waals surface area contributed by atoms with Crippen LogP contribution in [-0.4, -0.2) is 21.4 Å². The predicted octanol–water partition coefficient (Wildman–Crippen LogP) is 4.11. The molecule has 0 atom stereocenters. The number of thiazole rings is 1. The predicted molar refractivity (Wildman–Crippen MR) is 73.8 cm³/mol. The highest BCUT2D eigenvalue weighted by Crippen LogP contribution is 2.32. The van der Waals surface area contributed by atoms with E-state index in [1.807, 2.05) is 0 Å². The molecule has 3 aromatic rings. The molecule has 7 heteroatoms. The Morgan fingerprint density at radius 3 is 3.05 bits per heavy atom. The fourth-order valence-electron chi connectivity index (χ4n) is 1.76. The van der Waals surface area contributed by atoms with Gasteiger partial charge in [-0.15, -0.1) is 11.3 Å². The number of alkyl halides is 1. The Labute approximate surface area is 116 Å². The second-order valence-corrected chi connectivity index (χ2v) is 5.56. The maximum atomic E-state index is 12.5. The maximum absolute atomic E-state index is 12.5. The quantitative estimate of drug-likeness (QED) is 0.726. The zero-order valence-electron chi connectivity index (χ0n) is 9.72. The number of benzene rings is 1. The molecule has 0 saturated carbocycles. The summed E-state index contributed by atoms with van der Waals surface area (Å²) in [5.41, 5.74) is 1.68. The van der Waals surface area contributed by atoms with E-state index in [-0.39, 0.29) is 18.7 Å². The second-order valence-electron chi connectivity index (χ2n) is 3.91. The summed E-state index contributed by atoms with van der Waals surface area (Å²) < 4.78 is 27.2. The standard InChI is InChI=1S/C12H9F2N3S2/c13-3-4-17-7-8(6-15-17)12-16-10-2-1-9(19-14)5-11(10)18-12/h1-2,5-7H,3-4H2. The molecular formula is C12H9F2N3S2. The summed E-state index contributed by atoms with van der Waals surface area (Å²) in [6.45, 7) is -0.203. The first-order chi connectivity index (χ1) is 9.30. The zero-order valence-corrected chi connectivity index (χ0v) is 11.3. The smallest absolute Gasteiger partial charge is 0.127 e. The van der Waals surface area contributed by atoms with Gasteiger partial charge in [0.1, 0.15) is 11.7 Å². The number of hydrogen-bond donors (Lipinski definition) is 0. The first-order valence-corrected chi connectivity index (χ1v) is 7.11. The van der Waals surface area contributed by atoms with Gasteiger partial charge >= 0.3 is 0 Å². The molecule has 1 aromatic carbocycles.